The van der Waals surface area contributed by atoms with Crippen LogP contribution in [0.2, 0.25) is 5.02 Å². The first-order valence-electron chi connectivity index (χ1n) is 6.83. The zero-order valence-electron chi connectivity index (χ0n) is 13.0. The molecule has 11 heteroatoms. The fourth-order valence-corrected chi connectivity index (χ4v) is 2.88. The standard InChI is InChI=1S/C13H14BrClF3N5O/c1-4-23-5-7(14)8(19-23)6-21(2)12(24)10-9(15)11(13(16,17)18)20-22(10)3/h5H,4,6H2,1-3H3. The van der Waals surface area contributed by atoms with Gasteiger partial charge in [0.25, 0.3) is 5.91 Å². The molecular weight excluding hydrogens is 415 g/mol. The van der Waals surface area contributed by atoms with Crippen LogP contribution in [0.1, 0.15) is 28.8 Å². The quantitative estimate of drug-likeness (QED) is 0.750. The number of hydrogen-bond donors (Lipinski definition) is 0. The predicted octanol–water partition coefficient (Wildman–Crippen LogP) is 3.34. The second-order valence-corrected chi connectivity index (χ2v) is 6.31. The summed E-state index contributed by atoms with van der Waals surface area (Å²) in [6.07, 6.45) is -2.97. The highest BCUT2D eigenvalue weighted by molar-refractivity contribution is 9.10. The maximum absolute atomic E-state index is 12.8. The summed E-state index contributed by atoms with van der Waals surface area (Å²) in [7, 11) is 2.69. The van der Waals surface area contributed by atoms with Crippen molar-refractivity contribution in [3.8, 4) is 0 Å². The molecule has 0 aliphatic rings. The molecule has 0 unspecified atom stereocenters. The molecular formula is C13H14BrClF3N5O. The summed E-state index contributed by atoms with van der Waals surface area (Å²) in [5.41, 5.74) is -1.01. The molecule has 6 nitrogen and oxygen atoms in total. The summed E-state index contributed by atoms with van der Waals surface area (Å²) >= 11 is 9.07. The van der Waals surface area contributed by atoms with Gasteiger partial charge < -0.3 is 4.90 Å². The van der Waals surface area contributed by atoms with Crippen LogP contribution < -0.4 is 0 Å². The lowest BCUT2D eigenvalue weighted by molar-refractivity contribution is -0.141. The molecule has 2 rings (SSSR count). The van der Waals surface area contributed by atoms with E-state index in [2.05, 4.69) is 26.1 Å². The first kappa shape index (κ1) is 18.8. The largest absolute Gasteiger partial charge is 0.436 e. The van der Waals surface area contributed by atoms with Crippen LogP contribution in [-0.4, -0.2) is 37.4 Å². The minimum atomic E-state index is -4.73. The monoisotopic (exact) mass is 427 g/mol. The Balaban J connectivity index is 2.28. The summed E-state index contributed by atoms with van der Waals surface area (Å²) in [6, 6.07) is 0. The van der Waals surface area contributed by atoms with E-state index in [1.54, 1.807) is 10.9 Å². The van der Waals surface area contributed by atoms with Gasteiger partial charge >= 0.3 is 6.18 Å². The SMILES string of the molecule is CCn1cc(Br)c(CN(C)C(=O)c2c(Cl)c(C(F)(F)F)nn2C)n1. The van der Waals surface area contributed by atoms with E-state index in [9.17, 15) is 18.0 Å². The van der Waals surface area contributed by atoms with Crippen LogP contribution in [0.4, 0.5) is 13.2 Å². The van der Waals surface area contributed by atoms with Crippen molar-refractivity contribution in [3.63, 3.8) is 0 Å². The zero-order valence-corrected chi connectivity index (χ0v) is 15.4. The molecule has 2 aromatic heterocycles. The van der Waals surface area contributed by atoms with Crippen molar-refractivity contribution in [1.29, 1.82) is 0 Å². The lowest BCUT2D eigenvalue weighted by Gasteiger charge is -2.16. The Morgan fingerprint density at radius 1 is 1.42 bits per heavy atom. The van der Waals surface area contributed by atoms with E-state index in [1.807, 2.05) is 6.92 Å². The summed E-state index contributed by atoms with van der Waals surface area (Å²) in [4.78, 5) is 13.7. The van der Waals surface area contributed by atoms with Gasteiger partial charge in [-0.15, -0.1) is 0 Å². The molecule has 132 valence electrons. The Morgan fingerprint density at radius 2 is 2.04 bits per heavy atom. The molecule has 0 fully saturated rings. The average Bonchev–Trinajstić information content (AvgIpc) is 2.98. The second-order valence-electron chi connectivity index (χ2n) is 5.07. The molecule has 0 saturated heterocycles. The van der Waals surface area contributed by atoms with Crippen LogP contribution in [0, 0.1) is 0 Å². The third-order valence-corrected chi connectivity index (χ3v) is 4.33. The Kier molecular flexibility index (Phi) is 5.28. The average molecular weight is 429 g/mol. The molecule has 0 radical (unpaired) electrons. The maximum atomic E-state index is 12.8. The summed E-state index contributed by atoms with van der Waals surface area (Å²) < 4.78 is 41.8. The first-order chi connectivity index (χ1) is 11.1. The van der Waals surface area contributed by atoms with Gasteiger partial charge in [0, 0.05) is 26.8 Å². The van der Waals surface area contributed by atoms with E-state index in [0.29, 0.717) is 16.7 Å². The zero-order chi connectivity index (χ0) is 18.2. The van der Waals surface area contributed by atoms with Crippen LogP contribution in [0.5, 0.6) is 0 Å². The lowest BCUT2D eigenvalue weighted by Crippen LogP contribution is -2.28. The van der Waals surface area contributed by atoms with Crippen LogP contribution in [0.3, 0.4) is 0 Å². The fourth-order valence-electron chi connectivity index (χ4n) is 2.09. The Labute approximate surface area is 149 Å². The number of aromatic nitrogens is 4. The summed E-state index contributed by atoms with van der Waals surface area (Å²) in [5.74, 6) is -0.677. The van der Waals surface area contributed by atoms with E-state index < -0.39 is 22.8 Å². The number of halogens is 5. The minimum Gasteiger partial charge on any atom is -0.334 e. The molecule has 0 saturated carbocycles. The van der Waals surface area contributed by atoms with Crippen molar-refractivity contribution >= 4 is 33.4 Å². The molecule has 0 spiro atoms. The Morgan fingerprint density at radius 3 is 2.50 bits per heavy atom. The fraction of sp³-hybridized carbons (Fsp3) is 0.462. The molecule has 0 aromatic carbocycles. The van der Waals surface area contributed by atoms with E-state index in [4.69, 9.17) is 11.6 Å². The molecule has 24 heavy (non-hydrogen) atoms. The highest BCUT2D eigenvalue weighted by Crippen LogP contribution is 2.35. The van der Waals surface area contributed by atoms with Crippen molar-refractivity contribution < 1.29 is 18.0 Å². The van der Waals surface area contributed by atoms with Gasteiger partial charge in [-0.05, 0) is 22.9 Å². The number of carbonyl (C=O) groups excluding carboxylic acids is 1. The number of nitrogens with zero attached hydrogens (tertiary/aromatic N) is 5. The van der Waals surface area contributed by atoms with E-state index in [-0.39, 0.29) is 12.2 Å². The molecule has 2 aromatic rings. The van der Waals surface area contributed by atoms with Crippen LogP contribution >= 0.6 is 27.5 Å². The third-order valence-electron chi connectivity index (χ3n) is 3.31. The van der Waals surface area contributed by atoms with Crippen LogP contribution in [0.25, 0.3) is 0 Å². The number of alkyl halides is 3. The van der Waals surface area contributed by atoms with Crippen LogP contribution in [0.15, 0.2) is 10.7 Å². The second kappa shape index (κ2) is 6.75. The van der Waals surface area contributed by atoms with Gasteiger partial charge in [-0.1, -0.05) is 11.6 Å². The molecule has 1 amide bonds. The molecule has 0 aliphatic carbocycles. The van der Waals surface area contributed by atoms with Gasteiger partial charge in [-0.3, -0.25) is 14.2 Å². The molecule has 0 bridgehead atoms. The number of aryl methyl sites for hydroxylation is 2. The normalized spacial score (nSPS) is 11.8. The third kappa shape index (κ3) is 3.59. The highest BCUT2D eigenvalue weighted by Gasteiger charge is 2.40. The number of hydrogen-bond acceptors (Lipinski definition) is 3. The van der Waals surface area contributed by atoms with Gasteiger partial charge in [-0.2, -0.15) is 23.4 Å². The van der Waals surface area contributed by atoms with Gasteiger partial charge in [-0.25, -0.2) is 0 Å². The van der Waals surface area contributed by atoms with Crippen molar-refractivity contribution in [1.82, 2.24) is 24.5 Å². The van der Waals surface area contributed by atoms with Crippen molar-refractivity contribution in [2.24, 2.45) is 7.05 Å². The smallest absolute Gasteiger partial charge is 0.334 e. The Hall–Kier alpha value is -1.55. The van der Waals surface area contributed by atoms with Gasteiger partial charge in [0.15, 0.2) is 5.69 Å². The Bertz CT molecular complexity index is 770. The predicted molar refractivity (Wildman–Crippen MR) is 84.6 cm³/mol. The van der Waals surface area contributed by atoms with Gasteiger partial charge in [0.05, 0.1) is 16.7 Å². The lowest BCUT2D eigenvalue weighted by atomic mass is 10.3. The summed E-state index contributed by atoms with van der Waals surface area (Å²) in [5, 5.41) is 6.88. The van der Waals surface area contributed by atoms with Gasteiger partial charge in [0.2, 0.25) is 0 Å². The topological polar surface area (TPSA) is 56.0 Å². The maximum Gasteiger partial charge on any atom is 0.436 e. The molecule has 0 atom stereocenters. The minimum absolute atomic E-state index is 0.106. The van der Waals surface area contributed by atoms with Crippen molar-refractivity contribution in [3.05, 3.63) is 32.8 Å². The van der Waals surface area contributed by atoms with E-state index >= 15 is 0 Å². The van der Waals surface area contributed by atoms with Crippen molar-refractivity contribution in [2.75, 3.05) is 7.05 Å². The first-order valence-corrected chi connectivity index (χ1v) is 8.00. The number of rotatable bonds is 4. The molecule has 0 N–H and O–H groups in total. The highest BCUT2D eigenvalue weighted by atomic mass is 79.9. The number of carbonyl (C=O) groups is 1. The van der Waals surface area contributed by atoms with E-state index in [0.717, 1.165) is 4.68 Å². The molecule has 0 aliphatic heterocycles. The van der Waals surface area contributed by atoms with Crippen LogP contribution in [-0.2, 0) is 26.3 Å². The number of amides is 1. The summed E-state index contributed by atoms with van der Waals surface area (Å²) in [6.45, 7) is 2.67. The van der Waals surface area contributed by atoms with E-state index in [1.165, 1.54) is 19.0 Å². The molecule has 2 heterocycles. The van der Waals surface area contributed by atoms with Gasteiger partial charge in [0.1, 0.15) is 10.7 Å². The van der Waals surface area contributed by atoms with Crippen molar-refractivity contribution in [2.45, 2.75) is 26.2 Å².